The summed E-state index contributed by atoms with van der Waals surface area (Å²) in [6.07, 6.45) is 0. The van der Waals surface area contributed by atoms with Gasteiger partial charge in [-0.15, -0.1) is 0 Å². The highest BCUT2D eigenvalue weighted by Crippen LogP contribution is 2.22. The van der Waals surface area contributed by atoms with Gasteiger partial charge in [-0.25, -0.2) is 0 Å². The van der Waals surface area contributed by atoms with Crippen LogP contribution in [0.3, 0.4) is 0 Å². The number of β-amino-alcohol motifs (C(OH)–C–C–N with tert-alkyl or cyclic N) is 1. The van der Waals surface area contributed by atoms with Crippen LogP contribution in [0.2, 0.25) is 0 Å². The lowest BCUT2D eigenvalue weighted by Crippen LogP contribution is -2.49. The van der Waals surface area contributed by atoms with E-state index in [-0.39, 0.29) is 23.8 Å². The summed E-state index contributed by atoms with van der Waals surface area (Å²) in [5, 5.41) is 12.0. The molecule has 2 N–H and O–H groups in total. The van der Waals surface area contributed by atoms with Crippen LogP contribution in [-0.4, -0.2) is 66.1 Å². The van der Waals surface area contributed by atoms with Crippen molar-refractivity contribution in [1.82, 2.24) is 15.1 Å². The Labute approximate surface area is 184 Å². The molecule has 1 fully saturated rings. The molecule has 0 radical (unpaired) electrons. The van der Waals surface area contributed by atoms with Crippen molar-refractivity contribution < 1.29 is 14.7 Å². The van der Waals surface area contributed by atoms with E-state index in [9.17, 15) is 9.59 Å². The van der Waals surface area contributed by atoms with Crippen LogP contribution in [0.25, 0.3) is 0 Å². The van der Waals surface area contributed by atoms with E-state index in [0.29, 0.717) is 37.3 Å². The van der Waals surface area contributed by atoms with Gasteiger partial charge in [0.25, 0.3) is 11.8 Å². The van der Waals surface area contributed by atoms with E-state index >= 15 is 0 Å². The van der Waals surface area contributed by atoms with Gasteiger partial charge in [0.1, 0.15) is 0 Å². The summed E-state index contributed by atoms with van der Waals surface area (Å²) in [6.45, 7) is 10.6. The van der Waals surface area contributed by atoms with Crippen LogP contribution in [0.5, 0.6) is 0 Å². The summed E-state index contributed by atoms with van der Waals surface area (Å²) in [7, 11) is 0. The molecule has 2 aromatic rings. The van der Waals surface area contributed by atoms with E-state index in [2.05, 4.69) is 31.0 Å². The Morgan fingerprint density at radius 1 is 0.903 bits per heavy atom. The number of hydrogen-bond donors (Lipinski definition) is 2. The molecule has 0 aromatic heterocycles. The molecule has 0 atom stereocenters. The fraction of sp³-hybridized carbons (Fsp3) is 0.440. The van der Waals surface area contributed by atoms with E-state index in [4.69, 9.17) is 5.11 Å². The quantitative estimate of drug-likeness (QED) is 0.749. The van der Waals surface area contributed by atoms with Crippen LogP contribution < -0.4 is 5.32 Å². The van der Waals surface area contributed by atoms with Gasteiger partial charge in [0, 0.05) is 50.4 Å². The zero-order valence-electron chi connectivity index (χ0n) is 18.7. The Morgan fingerprint density at radius 2 is 1.48 bits per heavy atom. The number of carbonyl (C=O) groups excluding carboxylic acids is 2. The van der Waals surface area contributed by atoms with E-state index in [1.54, 1.807) is 0 Å². The van der Waals surface area contributed by atoms with Crippen LogP contribution in [0.1, 0.15) is 52.6 Å². The average Bonchev–Trinajstić information content (AvgIpc) is 2.77. The molecule has 2 amide bonds. The maximum Gasteiger partial charge on any atom is 0.253 e. The number of piperazine rings is 1. The highest BCUT2D eigenvalue weighted by atomic mass is 16.3. The van der Waals surface area contributed by atoms with Crippen molar-refractivity contribution >= 4 is 11.8 Å². The lowest BCUT2D eigenvalue weighted by Gasteiger charge is -2.34. The van der Waals surface area contributed by atoms with Gasteiger partial charge in [0.05, 0.1) is 6.61 Å². The Morgan fingerprint density at radius 3 is 2.03 bits per heavy atom. The molecular weight excluding hydrogens is 390 g/mol. The lowest BCUT2D eigenvalue weighted by molar-refractivity contribution is 0.0615. The highest BCUT2D eigenvalue weighted by Gasteiger charge is 2.21. The standard InChI is InChI=1S/C25H33N3O3/c1-25(2,3)22-10-8-20(9-11-22)23(30)26-18-19-4-6-21(7-5-19)24(31)28-14-12-27(13-15-28)16-17-29/h4-11,29H,12-18H2,1-3H3,(H,26,30). The number of aliphatic hydroxyl groups excluding tert-OH is 1. The molecule has 3 rings (SSSR count). The monoisotopic (exact) mass is 423 g/mol. The van der Waals surface area contributed by atoms with Crippen LogP contribution in [-0.2, 0) is 12.0 Å². The minimum Gasteiger partial charge on any atom is -0.395 e. The summed E-state index contributed by atoms with van der Waals surface area (Å²) >= 11 is 0. The first-order valence-corrected chi connectivity index (χ1v) is 10.9. The minimum absolute atomic E-state index is 0.0261. The van der Waals surface area contributed by atoms with Crippen LogP contribution >= 0.6 is 0 Å². The summed E-state index contributed by atoms with van der Waals surface area (Å²) in [4.78, 5) is 29.2. The minimum atomic E-state index is -0.110. The van der Waals surface area contributed by atoms with Gasteiger partial charge in [0.2, 0.25) is 0 Å². The zero-order valence-corrected chi connectivity index (χ0v) is 18.7. The summed E-state index contributed by atoms with van der Waals surface area (Å²) < 4.78 is 0. The largest absolute Gasteiger partial charge is 0.395 e. The molecule has 0 bridgehead atoms. The molecule has 0 aliphatic carbocycles. The Kier molecular flexibility index (Phi) is 7.46. The van der Waals surface area contributed by atoms with Crippen molar-refractivity contribution in [3.05, 3.63) is 70.8 Å². The summed E-state index contributed by atoms with van der Waals surface area (Å²) in [5.41, 5.74) is 3.49. The van der Waals surface area contributed by atoms with Crippen molar-refractivity contribution in [2.45, 2.75) is 32.7 Å². The number of carbonyl (C=O) groups is 2. The molecule has 166 valence electrons. The first kappa shape index (κ1) is 23.0. The van der Waals surface area contributed by atoms with Gasteiger partial charge in [-0.05, 0) is 40.8 Å². The zero-order chi connectivity index (χ0) is 22.4. The van der Waals surface area contributed by atoms with E-state index < -0.39 is 0 Å². The first-order valence-electron chi connectivity index (χ1n) is 10.9. The van der Waals surface area contributed by atoms with Crippen LogP contribution in [0, 0.1) is 0 Å². The predicted molar refractivity (Wildman–Crippen MR) is 122 cm³/mol. The van der Waals surface area contributed by atoms with Crippen LogP contribution in [0.4, 0.5) is 0 Å². The number of benzene rings is 2. The Balaban J connectivity index is 1.51. The molecule has 1 aliphatic rings. The number of hydrogen-bond acceptors (Lipinski definition) is 4. The van der Waals surface area contributed by atoms with Crippen LogP contribution in [0.15, 0.2) is 48.5 Å². The van der Waals surface area contributed by atoms with E-state index in [0.717, 1.165) is 18.7 Å². The molecule has 6 heteroatoms. The number of aliphatic hydroxyl groups is 1. The smallest absolute Gasteiger partial charge is 0.253 e. The molecular formula is C25H33N3O3. The summed E-state index contributed by atoms with van der Waals surface area (Å²) in [5.74, 6) is -0.0838. The molecule has 0 spiro atoms. The molecule has 1 saturated heterocycles. The van der Waals surface area contributed by atoms with Crippen molar-refractivity contribution in [3.63, 3.8) is 0 Å². The third kappa shape index (κ3) is 6.15. The molecule has 0 unspecified atom stereocenters. The number of nitrogens with zero attached hydrogens (tertiary/aromatic N) is 2. The third-order valence-electron chi connectivity index (χ3n) is 5.74. The molecule has 2 aromatic carbocycles. The number of rotatable bonds is 6. The predicted octanol–water partition coefficient (Wildman–Crippen LogP) is 2.66. The topological polar surface area (TPSA) is 72.9 Å². The van der Waals surface area contributed by atoms with Gasteiger partial charge < -0.3 is 15.3 Å². The number of amides is 2. The number of nitrogens with one attached hydrogen (secondary N) is 1. The van der Waals surface area contributed by atoms with Gasteiger partial charge in [0.15, 0.2) is 0 Å². The first-order chi connectivity index (χ1) is 14.8. The summed E-state index contributed by atoms with van der Waals surface area (Å²) in [6, 6.07) is 15.1. The fourth-order valence-electron chi connectivity index (χ4n) is 3.67. The second-order valence-corrected chi connectivity index (χ2v) is 9.06. The van der Waals surface area contributed by atoms with Gasteiger partial charge in [-0.2, -0.15) is 0 Å². The second-order valence-electron chi connectivity index (χ2n) is 9.06. The lowest BCUT2D eigenvalue weighted by atomic mass is 9.87. The van der Waals surface area contributed by atoms with Gasteiger partial charge in [-0.3, -0.25) is 14.5 Å². The van der Waals surface area contributed by atoms with Gasteiger partial charge >= 0.3 is 0 Å². The molecule has 31 heavy (non-hydrogen) atoms. The second kappa shape index (κ2) is 10.1. The molecule has 0 saturated carbocycles. The third-order valence-corrected chi connectivity index (χ3v) is 5.74. The highest BCUT2D eigenvalue weighted by molar-refractivity contribution is 5.95. The SMILES string of the molecule is CC(C)(C)c1ccc(C(=O)NCc2ccc(C(=O)N3CCN(CCO)CC3)cc2)cc1. The normalized spacial score (nSPS) is 15.0. The van der Waals surface area contributed by atoms with Gasteiger partial charge in [-0.1, -0.05) is 45.0 Å². The molecule has 6 nitrogen and oxygen atoms in total. The van der Waals surface area contributed by atoms with E-state index in [1.165, 1.54) is 5.56 Å². The van der Waals surface area contributed by atoms with Crippen molar-refractivity contribution in [3.8, 4) is 0 Å². The maximum atomic E-state index is 12.7. The molecule has 1 heterocycles. The Bertz CT molecular complexity index is 878. The van der Waals surface area contributed by atoms with Crippen molar-refractivity contribution in [2.24, 2.45) is 0 Å². The maximum absolute atomic E-state index is 12.7. The Hall–Kier alpha value is -2.70. The van der Waals surface area contributed by atoms with Crippen molar-refractivity contribution in [1.29, 1.82) is 0 Å². The van der Waals surface area contributed by atoms with E-state index in [1.807, 2.05) is 53.4 Å². The average molecular weight is 424 g/mol. The fourth-order valence-corrected chi connectivity index (χ4v) is 3.67. The van der Waals surface area contributed by atoms with Crippen molar-refractivity contribution in [2.75, 3.05) is 39.3 Å². The molecule has 1 aliphatic heterocycles.